The van der Waals surface area contributed by atoms with Gasteiger partial charge in [0.25, 0.3) is 0 Å². The first kappa shape index (κ1) is 10.8. The molecule has 2 aromatic rings. The van der Waals surface area contributed by atoms with Gasteiger partial charge in [0.1, 0.15) is 5.82 Å². The molecule has 1 fully saturated rings. The maximum atomic E-state index is 5.71. The van der Waals surface area contributed by atoms with Gasteiger partial charge in [-0.15, -0.1) is 0 Å². The van der Waals surface area contributed by atoms with Crippen LogP contribution >= 0.6 is 0 Å². The molecule has 1 aliphatic rings. The maximum Gasteiger partial charge on any atom is 0.116 e. The lowest BCUT2D eigenvalue weighted by atomic mass is 9.85. The van der Waals surface area contributed by atoms with Crippen molar-refractivity contribution in [2.75, 3.05) is 6.54 Å². The molecule has 90 valence electrons. The number of imidazole rings is 1. The Labute approximate surface area is 102 Å². The molecule has 1 atom stereocenters. The Morgan fingerprint density at radius 3 is 3.00 bits per heavy atom. The van der Waals surface area contributed by atoms with E-state index in [1.54, 1.807) is 0 Å². The molecule has 17 heavy (non-hydrogen) atoms. The van der Waals surface area contributed by atoms with Crippen molar-refractivity contribution in [2.24, 2.45) is 5.73 Å². The standard InChI is InChI=1S/C14H19N3/c1-10(8-15)12-5-6-17-13(7-12)9-16-14(17)11-3-2-4-11/h5-7,9-11H,2-4,8,15H2,1H3. The average Bonchev–Trinajstić information content (AvgIpc) is 2.69. The van der Waals surface area contributed by atoms with Gasteiger partial charge < -0.3 is 10.1 Å². The van der Waals surface area contributed by atoms with E-state index in [4.69, 9.17) is 5.73 Å². The Bertz CT molecular complexity index is 525. The minimum atomic E-state index is 0.419. The van der Waals surface area contributed by atoms with Crippen molar-refractivity contribution in [2.45, 2.75) is 38.0 Å². The van der Waals surface area contributed by atoms with Crippen molar-refractivity contribution < 1.29 is 0 Å². The Morgan fingerprint density at radius 2 is 2.35 bits per heavy atom. The topological polar surface area (TPSA) is 43.3 Å². The number of pyridine rings is 1. The number of nitrogens with zero attached hydrogens (tertiary/aromatic N) is 2. The molecule has 0 bridgehead atoms. The third-order valence-electron chi connectivity index (χ3n) is 3.98. The van der Waals surface area contributed by atoms with E-state index < -0.39 is 0 Å². The summed E-state index contributed by atoms with van der Waals surface area (Å²) in [5.41, 5.74) is 8.21. The number of fused-ring (bicyclic) bond motifs is 1. The second kappa shape index (κ2) is 4.15. The van der Waals surface area contributed by atoms with Crippen molar-refractivity contribution in [3.63, 3.8) is 0 Å². The first-order valence-corrected chi connectivity index (χ1v) is 6.46. The molecule has 2 heterocycles. The second-order valence-electron chi connectivity index (χ2n) is 5.14. The fraction of sp³-hybridized carbons (Fsp3) is 0.500. The summed E-state index contributed by atoms with van der Waals surface area (Å²) in [6.07, 6.45) is 8.07. The van der Waals surface area contributed by atoms with Crippen LogP contribution in [0.4, 0.5) is 0 Å². The van der Waals surface area contributed by atoms with Crippen LogP contribution in [0.25, 0.3) is 5.52 Å². The number of hydrogen-bond acceptors (Lipinski definition) is 2. The van der Waals surface area contributed by atoms with Crippen molar-refractivity contribution in [1.82, 2.24) is 9.38 Å². The minimum Gasteiger partial charge on any atom is -0.330 e. The smallest absolute Gasteiger partial charge is 0.116 e. The normalized spacial score (nSPS) is 18.2. The van der Waals surface area contributed by atoms with Gasteiger partial charge in [-0.3, -0.25) is 0 Å². The van der Waals surface area contributed by atoms with Gasteiger partial charge in [-0.1, -0.05) is 13.3 Å². The van der Waals surface area contributed by atoms with Crippen molar-refractivity contribution >= 4 is 5.52 Å². The lowest BCUT2D eigenvalue weighted by molar-refractivity contribution is 0.400. The van der Waals surface area contributed by atoms with E-state index in [9.17, 15) is 0 Å². The Balaban J connectivity index is 2.01. The summed E-state index contributed by atoms with van der Waals surface area (Å²) in [7, 11) is 0. The molecule has 0 radical (unpaired) electrons. The molecular weight excluding hydrogens is 210 g/mol. The maximum absolute atomic E-state index is 5.71. The molecule has 3 heteroatoms. The van der Waals surface area contributed by atoms with Crippen LogP contribution in [-0.2, 0) is 0 Å². The van der Waals surface area contributed by atoms with Gasteiger partial charge in [-0.05, 0) is 43.0 Å². The molecule has 0 amide bonds. The van der Waals surface area contributed by atoms with Crippen LogP contribution in [0.5, 0.6) is 0 Å². The fourth-order valence-electron chi connectivity index (χ4n) is 2.45. The predicted octanol–water partition coefficient (Wildman–Crippen LogP) is 2.66. The molecule has 0 aliphatic heterocycles. The summed E-state index contributed by atoms with van der Waals surface area (Å²) in [5.74, 6) is 2.33. The lowest BCUT2D eigenvalue weighted by Crippen LogP contribution is -2.13. The van der Waals surface area contributed by atoms with Crippen molar-refractivity contribution in [3.05, 3.63) is 35.9 Å². The van der Waals surface area contributed by atoms with E-state index in [-0.39, 0.29) is 0 Å². The van der Waals surface area contributed by atoms with E-state index >= 15 is 0 Å². The van der Waals surface area contributed by atoms with Gasteiger partial charge in [0, 0.05) is 12.1 Å². The highest BCUT2D eigenvalue weighted by Gasteiger charge is 2.23. The predicted molar refractivity (Wildman–Crippen MR) is 69.3 cm³/mol. The van der Waals surface area contributed by atoms with E-state index in [1.807, 2.05) is 6.20 Å². The van der Waals surface area contributed by atoms with Crippen LogP contribution in [0.15, 0.2) is 24.5 Å². The first-order chi connectivity index (χ1) is 8.29. The third-order valence-corrected chi connectivity index (χ3v) is 3.98. The summed E-state index contributed by atoms with van der Waals surface area (Å²) in [5, 5.41) is 0. The summed E-state index contributed by atoms with van der Waals surface area (Å²) < 4.78 is 2.23. The highest BCUT2D eigenvalue weighted by molar-refractivity contribution is 5.49. The monoisotopic (exact) mass is 229 g/mol. The van der Waals surface area contributed by atoms with Gasteiger partial charge in [0.05, 0.1) is 11.7 Å². The fourth-order valence-corrected chi connectivity index (χ4v) is 2.45. The highest BCUT2D eigenvalue weighted by Crippen LogP contribution is 2.35. The van der Waals surface area contributed by atoms with Crippen LogP contribution in [-0.4, -0.2) is 15.9 Å². The van der Waals surface area contributed by atoms with E-state index in [1.165, 1.54) is 36.2 Å². The van der Waals surface area contributed by atoms with Gasteiger partial charge in [0.15, 0.2) is 0 Å². The molecule has 0 spiro atoms. The molecule has 3 nitrogen and oxygen atoms in total. The largest absolute Gasteiger partial charge is 0.330 e. The zero-order valence-electron chi connectivity index (χ0n) is 10.3. The Morgan fingerprint density at radius 1 is 1.53 bits per heavy atom. The molecule has 1 saturated carbocycles. The molecule has 1 unspecified atom stereocenters. The van der Waals surface area contributed by atoms with E-state index in [0.717, 1.165) is 0 Å². The molecule has 3 rings (SSSR count). The molecule has 0 saturated heterocycles. The molecule has 2 aromatic heterocycles. The average molecular weight is 229 g/mol. The van der Waals surface area contributed by atoms with Gasteiger partial charge >= 0.3 is 0 Å². The second-order valence-corrected chi connectivity index (χ2v) is 5.14. The third kappa shape index (κ3) is 1.75. The number of rotatable bonds is 3. The number of nitrogens with two attached hydrogens (primary N) is 1. The lowest BCUT2D eigenvalue weighted by Gasteiger charge is -2.24. The molecule has 2 N–H and O–H groups in total. The summed E-state index contributed by atoms with van der Waals surface area (Å²) in [6.45, 7) is 2.86. The zero-order valence-corrected chi connectivity index (χ0v) is 10.3. The van der Waals surface area contributed by atoms with Crippen LogP contribution in [0.2, 0.25) is 0 Å². The summed E-state index contributed by atoms with van der Waals surface area (Å²) >= 11 is 0. The number of aromatic nitrogens is 2. The van der Waals surface area contributed by atoms with Gasteiger partial charge in [-0.25, -0.2) is 4.98 Å². The molecular formula is C14H19N3. The first-order valence-electron chi connectivity index (χ1n) is 6.46. The Kier molecular flexibility index (Phi) is 2.63. The number of hydrogen-bond donors (Lipinski definition) is 1. The summed E-state index contributed by atoms with van der Waals surface area (Å²) in [6, 6.07) is 4.39. The zero-order chi connectivity index (χ0) is 11.8. The molecule has 0 aromatic carbocycles. The van der Waals surface area contributed by atoms with Crippen LogP contribution in [0.1, 0.15) is 49.4 Å². The van der Waals surface area contributed by atoms with Crippen molar-refractivity contribution in [1.29, 1.82) is 0 Å². The minimum absolute atomic E-state index is 0.419. The van der Waals surface area contributed by atoms with E-state index in [0.29, 0.717) is 18.4 Å². The summed E-state index contributed by atoms with van der Waals surface area (Å²) in [4.78, 5) is 4.58. The van der Waals surface area contributed by atoms with Gasteiger partial charge in [0.2, 0.25) is 0 Å². The quantitative estimate of drug-likeness (QED) is 0.879. The van der Waals surface area contributed by atoms with Crippen molar-refractivity contribution in [3.8, 4) is 0 Å². The van der Waals surface area contributed by atoms with Crippen LogP contribution in [0, 0.1) is 0 Å². The Hall–Kier alpha value is -1.35. The highest BCUT2D eigenvalue weighted by atomic mass is 15.0. The molecule has 1 aliphatic carbocycles. The van der Waals surface area contributed by atoms with E-state index in [2.05, 4.69) is 34.6 Å². The van der Waals surface area contributed by atoms with Gasteiger partial charge in [-0.2, -0.15) is 0 Å². The SMILES string of the molecule is CC(CN)c1ccn2c(C3CCC3)ncc2c1. The van der Waals surface area contributed by atoms with Crippen LogP contribution in [0.3, 0.4) is 0 Å². The van der Waals surface area contributed by atoms with Crippen LogP contribution < -0.4 is 5.73 Å².